The first-order valence-electron chi connectivity index (χ1n) is 9.79. The number of hydrogen-bond donors (Lipinski definition) is 1. The summed E-state index contributed by atoms with van der Waals surface area (Å²) in [6.07, 6.45) is 1.02. The molecular weight excluding hydrogens is 366 g/mol. The normalized spacial score (nSPS) is 12.2. The molecule has 0 saturated carbocycles. The van der Waals surface area contributed by atoms with Crippen molar-refractivity contribution < 1.29 is 19.0 Å². The Balaban J connectivity index is 1.65. The Morgan fingerprint density at radius 1 is 1.00 bits per heavy atom. The molecule has 0 aliphatic heterocycles. The molecule has 1 unspecified atom stereocenters. The summed E-state index contributed by atoms with van der Waals surface area (Å²) in [7, 11) is 1.67. The second kappa shape index (κ2) is 10.1. The monoisotopic (exact) mass is 395 g/mol. The van der Waals surface area contributed by atoms with Crippen LogP contribution in [-0.4, -0.2) is 36.4 Å². The average Bonchev–Trinajstić information content (AvgIpc) is 3.19. The first kappa shape index (κ1) is 21.0. The summed E-state index contributed by atoms with van der Waals surface area (Å²) in [5.41, 5.74) is 3.35. The fraction of sp³-hybridized carbons (Fsp3) is 0.333. The zero-order valence-electron chi connectivity index (χ0n) is 17.3. The summed E-state index contributed by atoms with van der Waals surface area (Å²) in [5, 5.41) is 10.6. The van der Waals surface area contributed by atoms with Crippen molar-refractivity contribution in [2.75, 3.05) is 20.3 Å². The van der Waals surface area contributed by atoms with Gasteiger partial charge in [-0.2, -0.15) is 0 Å². The van der Waals surface area contributed by atoms with E-state index in [-0.39, 0.29) is 6.61 Å². The number of furan rings is 1. The quantitative estimate of drug-likeness (QED) is 0.553. The van der Waals surface area contributed by atoms with Crippen LogP contribution in [-0.2, 0) is 13.1 Å². The molecule has 0 radical (unpaired) electrons. The van der Waals surface area contributed by atoms with E-state index in [4.69, 9.17) is 13.9 Å². The number of nitrogens with zero attached hydrogens (tertiary/aromatic N) is 1. The predicted molar refractivity (Wildman–Crippen MR) is 113 cm³/mol. The topological polar surface area (TPSA) is 55.1 Å². The molecule has 0 spiro atoms. The lowest BCUT2D eigenvalue weighted by atomic mass is 10.1. The van der Waals surface area contributed by atoms with E-state index < -0.39 is 6.10 Å². The van der Waals surface area contributed by atoms with Gasteiger partial charge >= 0.3 is 0 Å². The van der Waals surface area contributed by atoms with Gasteiger partial charge in [0.15, 0.2) is 0 Å². The van der Waals surface area contributed by atoms with Crippen molar-refractivity contribution in [3.8, 4) is 11.5 Å². The third kappa shape index (κ3) is 6.38. The molecule has 0 bridgehead atoms. The van der Waals surface area contributed by atoms with Crippen molar-refractivity contribution in [3.05, 3.63) is 83.3 Å². The van der Waals surface area contributed by atoms with Gasteiger partial charge in [-0.25, -0.2) is 0 Å². The fourth-order valence-corrected chi connectivity index (χ4v) is 3.44. The van der Waals surface area contributed by atoms with E-state index in [1.807, 2.05) is 62.4 Å². The molecule has 1 heterocycles. The van der Waals surface area contributed by atoms with Crippen molar-refractivity contribution in [3.63, 3.8) is 0 Å². The summed E-state index contributed by atoms with van der Waals surface area (Å²) in [6, 6.07) is 17.8. The van der Waals surface area contributed by atoms with Crippen LogP contribution in [0, 0.1) is 13.8 Å². The van der Waals surface area contributed by atoms with Gasteiger partial charge in [-0.3, -0.25) is 4.90 Å². The minimum Gasteiger partial charge on any atom is -0.496 e. The molecule has 2 aromatic carbocycles. The zero-order chi connectivity index (χ0) is 20.6. The molecule has 154 valence electrons. The smallest absolute Gasteiger partial charge is 0.123 e. The summed E-state index contributed by atoms with van der Waals surface area (Å²) in [5.74, 6) is 2.46. The number of rotatable bonds is 10. The number of aliphatic hydroxyl groups is 1. The molecule has 5 nitrogen and oxygen atoms in total. The lowest BCUT2D eigenvalue weighted by molar-refractivity contribution is 0.0601. The molecule has 1 N–H and O–H groups in total. The molecule has 3 aromatic rings. The van der Waals surface area contributed by atoms with Crippen LogP contribution in [0.15, 0.2) is 65.3 Å². The molecule has 3 rings (SSSR count). The molecule has 0 aliphatic rings. The number of hydrogen-bond acceptors (Lipinski definition) is 5. The van der Waals surface area contributed by atoms with Crippen LogP contribution in [0.2, 0.25) is 0 Å². The lowest BCUT2D eigenvalue weighted by Crippen LogP contribution is -2.35. The maximum atomic E-state index is 10.6. The van der Waals surface area contributed by atoms with Crippen LogP contribution >= 0.6 is 0 Å². The molecule has 0 amide bonds. The minimum absolute atomic E-state index is 0.226. The summed E-state index contributed by atoms with van der Waals surface area (Å²) in [6.45, 7) is 5.97. The van der Waals surface area contributed by atoms with E-state index >= 15 is 0 Å². The van der Waals surface area contributed by atoms with Gasteiger partial charge < -0.3 is 19.0 Å². The Kier molecular flexibility index (Phi) is 7.33. The highest BCUT2D eigenvalue weighted by Gasteiger charge is 2.17. The fourth-order valence-electron chi connectivity index (χ4n) is 3.44. The average molecular weight is 395 g/mol. The van der Waals surface area contributed by atoms with Gasteiger partial charge in [0.2, 0.25) is 0 Å². The van der Waals surface area contributed by atoms with Crippen LogP contribution in [0.1, 0.15) is 22.5 Å². The Hall–Kier alpha value is -2.76. The van der Waals surface area contributed by atoms with Gasteiger partial charge in [0.1, 0.15) is 30.0 Å². The highest BCUT2D eigenvalue weighted by atomic mass is 16.5. The minimum atomic E-state index is -0.638. The second-order valence-corrected chi connectivity index (χ2v) is 7.35. The molecule has 0 fully saturated rings. The predicted octanol–water partition coefficient (Wildman–Crippen LogP) is 4.35. The van der Waals surface area contributed by atoms with Gasteiger partial charge in [0.05, 0.1) is 19.9 Å². The number of aliphatic hydroxyl groups excluding tert-OH is 1. The Labute approximate surface area is 172 Å². The highest BCUT2D eigenvalue weighted by Crippen LogP contribution is 2.21. The van der Waals surface area contributed by atoms with E-state index in [1.165, 1.54) is 0 Å². The molecule has 29 heavy (non-hydrogen) atoms. The highest BCUT2D eigenvalue weighted by molar-refractivity contribution is 5.34. The van der Waals surface area contributed by atoms with Gasteiger partial charge in [-0.15, -0.1) is 0 Å². The van der Waals surface area contributed by atoms with Crippen molar-refractivity contribution >= 4 is 0 Å². The molecular formula is C24H29NO4. The number of aryl methyl sites for hydroxylation is 2. The second-order valence-electron chi connectivity index (χ2n) is 7.35. The lowest BCUT2D eigenvalue weighted by Gasteiger charge is -2.25. The van der Waals surface area contributed by atoms with Crippen molar-refractivity contribution in [2.24, 2.45) is 0 Å². The Morgan fingerprint density at radius 2 is 1.76 bits per heavy atom. The van der Waals surface area contributed by atoms with Crippen molar-refractivity contribution in [2.45, 2.75) is 33.0 Å². The standard InChI is InChI=1S/C24H29NO4/c1-18-11-19(2)13-23(12-18)29-17-21(26)15-25(16-22-8-6-10-28-22)14-20-7-4-5-9-24(20)27-3/h4-13,21,26H,14-17H2,1-3H3. The third-order valence-corrected chi connectivity index (χ3v) is 4.65. The third-order valence-electron chi connectivity index (χ3n) is 4.65. The van der Waals surface area contributed by atoms with Gasteiger partial charge in [-0.05, 0) is 55.3 Å². The van der Waals surface area contributed by atoms with Crippen molar-refractivity contribution in [1.82, 2.24) is 4.90 Å². The molecule has 1 aromatic heterocycles. The van der Waals surface area contributed by atoms with Crippen LogP contribution < -0.4 is 9.47 Å². The van der Waals surface area contributed by atoms with E-state index in [1.54, 1.807) is 13.4 Å². The number of benzene rings is 2. The molecule has 0 saturated heterocycles. The number of methoxy groups -OCH3 is 1. The molecule has 0 aliphatic carbocycles. The summed E-state index contributed by atoms with van der Waals surface area (Å²) < 4.78 is 16.8. The molecule has 1 atom stereocenters. The SMILES string of the molecule is COc1ccccc1CN(Cc1ccco1)CC(O)COc1cc(C)cc(C)c1. The molecule has 5 heteroatoms. The zero-order valence-corrected chi connectivity index (χ0v) is 17.3. The van der Waals surface area contributed by atoms with Crippen LogP contribution in [0.25, 0.3) is 0 Å². The first-order chi connectivity index (χ1) is 14.0. The summed E-state index contributed by atoms with van der Waals surface area (Å²) in [4.78, 5) is 2.13. The maximum absolute atomic E-state index is 10.6. The largest absolute Gasteiger partial charge is 0.496 e. The number of para-hydroxylation sites is 1. The summed E-state index contributed by atoms with van der Waals surface area (Å²) >= 11 is 0. The maximum Gasteiger partial charge on any atom is 0.123 e. The van der Waals surface area contributed by atoms with Crippen LogP contribution in [0.3, 0.4) is 0 Å². The number of ether oxygens (including phenoxy) is 2. The van der Waals surface area contributed by atoms with Crippen LogP contribution in [0.4, 0.5) is 0 Å². The van der Waals surface area contributed by atoms with Crippen molar-refractivity contribution in [1.29, 1.82) is 0 Å². The van der Waals surface area contributed by atoms with Gasteiger partial charge in [-0.1, -0.05) is 24.3 Å². The Morgan fingerprint density at radius 3 is 2.45 bits per heavy atom. The van der Waals surface area contributed by atoms with E-state index in [9.17, 15) is 5.11 Å². The van der Waals surface area contributed by atoms with E-state index in [2.05, 4.69) is 11.0 Å². The van der Waals surface area contributed by atoms with E-state index in [0.717, 1.165) is 33.9 Å². The first-order valence-corrected chi connectivity index (χ1v) is 9.79. The van der Waals surface area contributed by atoms with Crippen LogP contribution in [0.5, 0.6) is 11.5 Å². The van der Waals surface area contributed by atoms with Gasteiger partial charge in [0.25, 0.3) is 0 Å². The van der Waals surface area contributed by atoms with E-state index in [0.29, 0.717) is 19.6 Å². The Bertz CT molecular complexity index is 871. The van der Waals surface area contributed by atoms with Gasteiger partial charge in [0, 0.05) is 18.7 Å².